The van der Waals surface area contributed by atoms with Crippen molar-refractivity contribution in [2.75, 3.05) is 0 Å². The Morgan fingerprint density at radius 3 is 0.814 bits per heavy atom. The van der Waals surface area contributed by atoms with Crippen molar-refractivity contribution in [3.05, 3.63) is 388 Å². The predicted octanol–water partition coefficient (Wildman–Crippen LogP) is 36.2. The molecule has 0 fully saturated rings. The maximum absolute atomic E-state index is 6.54. The van der Waals surface area contributed by atoms with Crippen LogP contribution in [0.4, 0.5) is 0 Å². The topological polar surface area (TPSA) is 122 Å². The van der Waals surface area contributed by atoms with Gasteiger partial charge >= 0.3 is 0 Å². The van der Waals surface area contributed by atoms with Gasteiger partial charge in [-0.05, 0) is 205 Å². The maximum Gasteiger partial charge on any atom is 0.146 e. The second-order valence-electron chi connectivity index (χ2n) is 36.8. The quantitative estimate of drug-likeness (QED) is 0.138. The molecule has 36 aromatic rings. The highest BCUT2D eigenvalue weighted by Crippen LogP contribution is 2.51. The summed E-state index contributed by atoms with van der Waals surface area (Å²) in [5.41, 5.74) is 24.5. The Bertz CT molecular complexity index is 12000. The normalized spacial score (nSPS) is 12.6. The van der Waals surface area contributed by atoms with Crippen molar-refractivity contribution < 1.29 is 17.7 Å². The zero-order valence-corrected chi connectivity index (χ0v) is 77.1. The Kier molecular flexibility index (Phi) is 15.2. The van der Waals surface area contributed by atoms with E-state index < -0.39 is 0 Å². The van der Waals surface area contributed by atoms with Crippen LogP contribution in [0.2, 0.25) is 0 Å². The molecule has 16 aromatic heterocycles. The Morgan fingerprint density at radius 2 is 0.414 bits per heavy atom. The molecule has 140 heavy (non-hydrogen) atoms. The summed E-state index contributed by atoms with van der Waals surface area (Å²) in [6.07, 6.45) is 0. The first-order chi connectivity index (χ1) is 69.4. The van der Waals surface area contributed by atoms with Gasteiger partial charge in [-0.3, -0.25) is 17.6 Å². The molecule has 648 valence electrons. The number of para-hydroxylation sites is 12. The SMILES string of the molecule is c1ccc2c(c1)nc1c3cc4c(cc3c3cc5c(cc3n21)sc1ccccc15)oc1ccccc14.c1ccc2c(c1)nc1c3cc4c(cc3c3cc5sc6ccccc6c5cc3n21)oc1ccccc14.c1ccc2c(c1)nc1c3ccc4c5ccccc5oc4c3c3cc4c(cc3n21)sc1ccccc14.c1ccc2c(c1)nc1c3ccc4c5ccccc5oc4c3c3cc4sc5ccccc5c4cc3n21. The van der Waals surface area contributed by atoms with Crippen molar-refractivity contribution in [3.8, 4) is 0 Å². The average Bonchev–Trinajstić information content (AvgIpc) is 1.60. The number of hydrogen-bond acceptors (Lipinski definition) is 12. The summed E-state index contributed by atoms with van der Waals surface area (Å²) in [6.45, 7) is 0. The molecule has 36 rings (SSSR count). The maximum atomic E-state index is 6.54. The second-order valence-corrected chi connectivity index (χ2v) is 41.1. The summed E-state index contributed by atoms with van der Waals surface area (Å²) in [7, 11) is 0. The summed E-state index contributed by atoms with van der Waals surface area (Å²) in [6, 6.07) is 138. The van der Waals surface area contributed by atoms with Crippen molar-refractivity contribution in [2.24, 2.45) is 0 Å². The number of aromatic nitrogens is 8. The third-order valence-corrected chi connectivity index (χ3v) is 33.9. The lowest BCUT2D eigenvalue weighted by Gasteiger charge is -2.10. The highest BCUT2D eigenvalue weighted by molar-refractivity contribution is 7.27. The van der Waals surface area contributed by atoms with Crippen LogP contribution in [-0.4, -0.2) is 37.5 Å². The van der Waals surface area contributed by atoms with Crippen molar-refractivity contribution in [1.82, 2.24) is 37.5 Å². The number of nitrogens with zero attached hydrogens (tertiary/aromatic N) is 8. The molecule has 0 saturated carbocycles. The molecule has 12 nitrogen and oxygen atoms in total. The van der Waals surface area contributed by atoms with Crippen LogP contribution in [0.5, 0.6) is 0 Å². The first-order valence-corrected chi connectivity index (χ1v) is 50.2. The number of pyridine rings is 4. The molecule has 0 aliphatic heterocycles. The van der Waals surface area contributed by atoms with Crippen LogP contribution in [0, 0.1) is 0 Å². The summed E-state index contributed by atoms with van der Waals surface area (Å²) >= 11 is 7.41. The van der Waals surface area contributed by atoms with Gasteiger partial charge in [0.1, 0.15) is 67.3 Å². The van der Waals surface area contributed by atoms with E-state index in [0.29, 0.717) is 0 Å². The molecule has 0 N–H and O–H groups in total. The molecule has 0 bridgehead atoms. The molecule has 16 heterocycles. The van der Waals surface area contributed by atoms with Gasteiger partial charge in [-0.15, -0.1) is 45.3 Å². The number of thiophene rings is 4. The van der Waals surface area contributed by atoms with Gasteiger partial charge < -0.3 is 17.7 Å². The molecule has 0 aliphatic rings. The largest absolute Gasteiger partial charge is 0.456 e. The first kappa shape index (κ1) is 75.6. The third kappa shape index (κ3) is 10.5. The smallest absolute Gasteiger partial charge is 0.146 e. The van der Waals surface area contributed by atoms with Gasteiger partial charge in [-0.1, -0.05) is 194 Å². The van der Waals surface area contributed by atoms with Crippen molar-refractivity contribution >= 4 is 367 Å². The van der Waals surface area contributed by atoms with E-state index in [1.54, 1.807) is 0 Å². The van der Waals surface area contributed by atoms with E-state index in [1.807, 2.05) is 81.7 Å². The molecular weight excluding hydrogens is 1790 g/mol. The average molecular weight is 1860 g/mol. The van der Waals surface area contributed by atoms with E-state index in [9.17, 15) is 0 Å². The number of rotatable bonds is 0. The van der Waals surface area contributed by atoms with Gasteiger partial charge in [0.15, 0.2) is 0 Å². The Balaban J connectivity index is 0.0000000829. The Labute approximate surface area is 804 Å². The van der Waals surface area contributed by atoms with E-state index in [0.717, 1.165) is 198 Å². The van der Waals surface area contributed by atoms with E-state index in [-0.39, 0.29) is 0 Å². The van der Waals surface area contributed by atoms with E-state index in [1.165, 1.54) is 124 Å². The second kappa shape index (κ2) is 28.0. The fraction of sp³-hybridized carbons (Fsp3) is 0. The van der Waals surface area contributed by atoms with Crippen molar-refractivity contribution in [2.45, 2.75) is 0 Å². The van der Waals surface area contributed by atoms with E-state index >= 15 is 0 Å². The summed E-state index contributed by atoms with van der Waals surface area (Å²) < 4.78 is 45.4. The standard InChI is InChI=1S/4C31H16N2OS/c1-5-11-27-17(7-1)21-13-23-19(15-28(21)34-27)20-16-30-22(18-8-2-6-12-29(18)35-30)14-26(20)33-25-10-4-3-9-24(25)32-31(23)33;1-5-11-27-17(7-1)21-14-23-19(15-28(21)34-27)20-13-22-18-8-2-6-12-29(18)35-30(22)16-26(20)33-25-10-4-3-9-24(25)32-31(23)33;1-5-11-26-17(7-1)19-13-14-20-29(30(19)34-26)22-16-28-21(18-8-2-6-12-27(18)35-28)15-25(22)33-24-10-4-3-9-23(24)32-31(20)33;1-5-11-26-17(7-1)19-13-14-20-29(30(19)34-26)22-15-21-18-8-2-6-12-27(18)35-28(21)16-25(22)33-24-10-4-3-9-23(24)32-31(20)33/h4*1-16H. The highest BCUT2D eigenvalue weighted by atomic mass is 32.1. The van der Waals surface area contributed by atoms with Gasteiger partial charge in [-0.2, -0.15) is 0 Å². The van der Waals surface area contributed by atoms with Gasteiger partial charge in [0.05, 0.1) is 66.2 Å². The minimum atomic E-state index is 0.913. The molecule has 0 spiro atoms. The van der Waals surface area contributed by atoms with E-state index in [4.69, 9.17) is 37.6 Å². The number of benzene rings is 20. The van der Waals surface area contributed by atoms with Crippen molar-refractivity contribution in [3.63, 3.8) is 0 Å². The summed E-state index contributed by atoms with van der Waals surface area (Å²) in [5.74, 6) is 0. The monoisotopic (exact) mass is 1860 g/mol. The van der Waals surface area contributed by atoms with Crippen LogP contribution >= 0.6 is 45.3 Å². The Hall–Kier alpha value is -17.6. The first-order valence-electron chi connectivity index (χ1n) is 46.9. The summed E-state index contributed by atoms with van der Waals surface area (Å²) in [4.78, 5) is 20.5. The van der Waals surface area contributed by atoms with Gasteiger partial charge in [0.25, 0.3) is 0 Å². The lowest BCUT2D eigenvalue weighted by Crippen LogP contribution is -1.92. The molecule has 0 radical (unpaired) electrons. The number of fused-ring (bicyclic) bond motifs is 58. The Morgan fingerprint density at radius 1 is 0.150 bits per heavy atom. The third-order valence-electron chi connectivity index (χ3n) is 29.4. The van der Waals surface area contributed by atoms with Crippen LogP contribution in [0.3, 0.4) is 0 Å². The number of furan rings is 4. The number of imidazole rings is 4. The molecule has 0 amide bonds. The lowest BCUT2D eigenvalue weighted by molar-refractivity contribution is 0.669. The highest BCUT2D eigenvalue weighted by Gasteiger charge is 2.27. The minimum Gasteiger partial charge on any atom is -0.456 e. The lowest BCUT2D eigenvalue weighted by atomic mass is 10.0. The predicted molar refractivity (Wildman–Crippen MR) is 592 cm³/mol. The van der Waals surface area contributed by atoms with Gasteiger partial charge in [0, 0.05) is 178 Å². The zero-order valence-electron chi connectivity index (χ0n) is 73.8. The van der Waals surface area contributed by atoms with Crippen LogP contribution in [-0.2, 0) is 0 Å². The molecule has 0 atom stereocenters. The zero-order chi connectivity index (χ0) is 90.7. The molecule has 0 saturated heterocycles. The van der Waals surface area contributed by atoms with Crippen LogP contribution < -0.4 is 0 Å². The fourth-order valence-electron chi connectivity index (χ4n) is 23.3. The molecule has 0 unspecified atom stereocenters. The van der Waals surface area contributed by atoms with Crippen LogP contribution in [0.1, 0.15) is 0 Å². The van der Waals surface area contributed by atoms with Crippen LogP contribution in [0.25, 0.3) is 322 Å². The molecule has 0 aliphatic carbocycles. The molecular formula is C124H64N8O4S4. The van der Waals surface area contributed by atoms with Crippen LogP contribution in [0.15, 0.2) is 406 Å². The van der Waals surface area contributed by atoms with E-state index in [2.05, 4.69) is 369 Å². The van der Waals surface area contributed by atoms with Gasteiger partial charge in [0.2, 0.25) is 0 Å². The minimum absolute atomic E-state index is 0.913. The fourth-order valence-corrected chi connectivity index (χ4v) is 27.8. The summed E-state index contributed by atoms with van der Waals surface area (Å²) in [5, 5.41) is 33.4. The molecule has 20 aromatic carbocycles. The van der Waals surface area contributed by atoms with Gasteiger partial charge in [-0.25, -0.2) is 19.9 Å². The molecule has 16 heteroatoms. The van der Waals surface area contributed by atoms with Crippen molar-refractivity contribution in [1.29, 1.82) is 0 Å². The number of hydrogen-bond donors (Lipinski definition) is 0.